The van der Waals surface area contributed by atoms with Crippen LogP contribution in [0.25, 0.3) is 0 Å². The van der Waals surface area contributed by atoms with Gasteiger partial charge in [0.2, 0.25) is 5.91 Å². The predicted molar refractivity (Wildman–Crippen MR) is 64.3 cm³/mol. The Balaban J connectivity index is 3.69. The monoisotopic (exact) mass is 231 g/mol. The van der Waals surface area contributed by atoms with E-state index in [9.17, 15) is 4.79 Å². The van der Waals surface area contributed by atoms with Gasteiger partial charge >= 0.3 is 0 Å². The molecule has 0 spiro atoms. The Morgan fingerprint density at radius 1 is 1.19 bits per heavy atom. The largest absolute Gasteiger partial charge is 0.379 e. The van der Waals surface area contributed by atoms with Gasteiger partial charge in [0.15, 0.2) is 0 Å². The molecule has 0 aromatic carbocycles. The molecule has 16 heavy (non-hydrogen) atoms. The summed E-state index contributed by atoms with van der Waals surface area (Å²) < 4.78 is 10.6. The summed E-state index contributed by atoms with van der Waals surface area (Å²) >= 11 is 0. The summed E-state index contributed by atoms with van der Waals surface area (Å²) in [5.74, 6) is 0.438. The molecule has 0 heterocycles. The fraction of sp³-hybridized carbons (Fsp3) is 0.917. The van der Waals surface area contributed by atoms with Gasteiger partial charge in [0, 0.05) is 19.3 Å². The maximum Gasteiger partial charge on any atom is 0.249 e. The number of hydrogen-bond acceptors (Lipinski definition) is 3. The standard InChI is InChI=1S/C12H25NO3/c1-6-16-11(5)12(14)13-10(4)8-15-7-9(2)3/h9-11H,6-8H2,1-5H3,(H,13,14)/t10-,11-/m0/s1. The molecule has 0 saturated carbocycles. The summed E-state index contributed by atoms with van der Waals surface area (Å²) in [6.45, 7) is 11.6. The third kappa shape index (κ3) is 7.65. The Hall–Kier alpha value is -0.610. The van der Waals surface area contributed by atoms with E-state index >= 15 is 0 Å². The van der Waals surface area contributed by atoms with Crippen molar-refractivity contribution in [1.29, 1.82) is 0 Å². The second-order valence-electron chi connectivity index (χ2n) is 4.44. The summed E-state index contributed by atoms with van der Waals surface area (Å²) in [4.78, 5) is 11.5. The van der Waals surface area contributed by atoms with Crippen LogP contribution in [0.1, 0.15) is 34.6 Å². The van der Waals surface area contributed by atoms with Gasteiger partial charge < -0.3 is 14.8 Å². The number of amides is 1. The maximum atomic E-state index is 11.5. The highest BCUT2D eigenvalue weighted by molar-refractivity contribution is 5.80. The maximum absolute atomic E-state index is 11.5. The molecule has 0 fully saturated rings. The van der Waals surface area contributed by atoms with E-state index in [1.807, 2.05) is 13.8 Å². The van der Waals surface area contributed by atoms with Gasteiger partial charge in [-0.2, -0.15) is 0 Å². The SMILES string of the molecule is CCO[C@@H](C)C(=O)N[C@@H](C)COCC(C)C. The lowest BCUT2D eigenvalue weighted by molar-refractivity contribution is -0.132. The second kappa shape index (κ2) is 8.53. The first-order valence-electron chi connectivity index (χ1n) is 5.97. The van der Waals surface area contributed by atoms with Crippen LogP contribution in [-0.4, -0.2) is 37.9 Å². The molecule has 0 radical (unpaired) electrons. The fourth-order valence-corrected chi connectivity index (χ4v) is 1.21. The minimum Gasteiger partial charge on any atom is -0.379 e. The molecule has 0 aliphatic carbocycles. The molecule has 4 heteroatoms. The molecular weight excluding hydrogens is 206 g/mol. The lowest BCUT2D eigenvalue weighted by atomic mass is 10.2. The number of ether oxygens (including phenoxy) is 2. The van der Waals surface area contributed by atoms with E-state index in [0.717, 1.165) is 6.61 Å². The molecule has 1 N–H and O–H groups in total. The molecule has 0 aliphatic heterocycles. The van der Waals surface area contributed by atoms with Crippen molar-refractivity contribution >= 4 is 5.91 Å². The molecular formula is C12H25NO3. The molecule has 0 aromatic rings. The van der Waals surface area contributed by atoms with Gasteiger partial charge in [0.25, 0.3) is 0 Å². The van der Waals surface area contributed by atoms with Gasteiger partial charge in [-0.3, -0.25) is 4.79 Å². The Morgan fingerprint density at radius 2 is 1.81 bits per heavy atom. The molecule has 0 bridgehead atoms. The number of carbonyl (C=O) groups is 1. The van der Waals surface area contributed by atoms with Crippen molar-refractivity contribution in [3.05, 3.63) is 0 Å². The van der Waals surface area contributed by atoms with E-state index in [0.29, 0.717) is 19.1 Å². The molecule has 4 nitrogen and oxygen atoms in total. The van der Waals surface area contributed by atoms with E-state index in [1.165, 1.54) is 0 Å². The van der Waals surface area contributed by atoms with Gasteiger partial charge in [-0.1, -0.05) is 13.8 Å². The van der Waals surface area contributed by atoms with Crippen LogP contribution in [0.4, 0.5) is 0 Å². The third-order valence-corrected chi connectivity index (χ3v) is 1.99. The van der Waals surface area contributed by atoms with Gasteiger partial charge in [0.1, 0.15) is 6.10 Å². The third-order valence-electron chi connectivity index (χ3n) is 1.99. The zero-order valence-corrected chi connectivity index (χ0v) is 11.1. The Kier molecular flexibility index (Phi) is 8.21. The van der Waals surface area contributed by atoms with Gasteiger partial charge in [-0.05, 0) is 26.7 Å². The number of carbonyl (C=O) groups excluding carboxylic acids is 1. The van der Waals surface area contributed by atoms with Crippen molar-refractivity contribution in [1.82, 2.24) is 5.32 Å². The minimum atomic E-state index is -0.391. The zero-order valence-electron chi connectivity index (χ0n) is 11.1. The molecule has 0 saturated heterocycles. The van der Waals surface area contributed by atoms with Crippen molar-refractivity contribution in [2.24, 2.45) is 5.92 Å². The van der Waals surface area contributed by atoms with Crippen LogP contribution in [0, 0.1) is 5.92 Å². The zero-order chi connectivity index (χ0) is 12.6. The average molecular weight is 231 g/mol. The van der Waals surface area contributed by atoms with E-state index in [1.54, 1.807) is 6.92 Å². The summed E-state index contributed by atoms with van der Waals surface area (Å²) in [6, 6.07) is 0.0224. The molecule has 0 aromatic heterocycles. The van der Waals surface area contributed by atoms with Crippen LogP contribution in [0.3, 0.4) is 0 Å². The summed E-state index contributed by atoms with van der Waals surface area (Å²) in [5, 5.41) is 2.85. The fourth-order valence-electron chi connectivity index (χ4n) is 1.21. The highest BCUT2D eigenvalue weighted by Crippen LogP contribution is 1.96. The van der Waals surface area contributed by atoms with Crippen LogP contribution in [0.2, 0.25) is 0 Å². The van der Waals surface area contributed by atoms with Crippen LogP contribution in [0.15, 0.2) is 0 Å². The van der Waals surface area contributed by atoms with E-state index in [2.05, 4.69) is 19.2 Å². The van der Waals surface area contributed by atoms with Crippen LogP contribution in [-0.2, 0) is 14.3 Å². The van der Waals surface area contributed by atoms with Crippen molar-refractivity contribution in [2.75, 3.05) is 19.8 Å². The molecule has 96 valence electrons. The van der Waals surface area contributed by atoms with Crippen molar-refractivity contribution < 1.29 is 14.3 Å². The first kappa shape index (κ1) is 15.4. The second-order valence-corrected chi connectivity index (χ2v) is 4.44. The van der Waals surface area contributed by atoms with E-state index < -0.39 is 6.10 Å². The first-order valence-corrected chi connectivity index (χ1v) is 5.97. The Morgan fingerprint density at radius 3 is 2.31 bits per heavy atom. The number of hydrogen-bond donors (Lipinski definition) is 1. The predicted octanol–water partition coefficient (Wildman–Crippen LogP) is 1.59. The number of nitrogens with one attached hydrogen (secondary N) is 1. The lowest BCUT2D eigenvalue weighted by Gasteiger charge is -2.18. The van der Waals surface area contributed by atoms with Crippen molar-refractivity contribution in [3.8, 4) is 0 Å². The molecule has 0 aliphatic rings. The quantitative estimate of drug-likeness (QED) is 0.690. The lowest BCUT2D eigenvalue weighted by Crippen LogP contribution is -2.42. The minimum absolute atomic E-state index is 0.0224. The van der Waals surface area contributed by atoms with E-state index in [-0.39, 0.29) is 11.9 Å². The normalized spacial score (nSPS) is 14.9. The Labute approximate surface area is 98.7 Å². The van der Waals surface area contributed by atoms with Crippen molar-refractivity contribution in [3.63, 3.8) is 0 Å². The average Bonchev–Trinajstić information content (AvgIpc) is 2.17. The smallest absolute Gasteiger partial charge is 0.249 e. The van der Waals surface area contributed by atoms with Gasteiger partial charge in [0.05, 0.1) is 6.61 Å². The summed E-state index contributed by atoms with van der Waals surface area (Å²) in [7, 11) is 0. The first-order chi connectivity index (χ1) is 7.47. The topological polar surface area (TPSA) is 47.6 Å². The summed E-state index contributed by atoms with van der Waals surface area (Å²) in [6.07, 6.45) is -0.391. The van der Waals surface area contributed by atoms with Crippen LogP contribution < -0.4 is 5.32 Å². The molecule has 1 amide bonds. The van der Waals surface area contributed by atoms with Crippen LogP contribution >= 0.6 is 0 Å². The number of rotatable bonds is 8. The van der Waals surface area contributed by atoms with Crippen LogP contribution in [0.5, 0.6) is 0 Å². The van der Waals surface area contributed by atoms with Gasteiger partial charge in [-0.25, -0.2) is 0 Å². The Bertz CT molecular complexity index is 195. The highest BCUT2D eigenvalue weighted by Gasteiger charge is 2.14. The van der Waals surface area contributed by atoms with Crippen molar-refractivity contribution in [2.45, 2.75) is 46.8 Å². The highest BCUT2D eigenvalue weighted by atomic mass is 16.5. The molecule has 0 rings (SSSR count). The molecule has 2 atom stereocenters. The molecule has 0 unspecified atom stereocenters. The summed E-state index contributed by atoms with van der Waals surface area (Å²) in [5.41, 5.74) is 0. The van der Waals surface area contributed by atoms with E-state index in [4.69, 9.17) is 9.47 Å². The van der Waals surface area contributed by atoms with Gasteiger partial charge in [-0.15, -0.1) is 0 Å².